The van der Waals surface area contributed by atoms with Gasteiger partial charge in [0, 0.05) is 19.2 Å². The van der Waals surface area contributed by atoms with Gasteiger partial charge >= 0.3 is 6.03 Å². The average molecular weight is 299 g/mol. The standard InChI is InChI=1S/C11H13N3O5S/c1-20(17,18)19-7-8-2-3-9(12-6-8)14-5-4-10(15)13-11(14)16/h2-3,6H,4-5,7H2,1H3,(H,13,15,16). The number of urea groups is 1. The van der Waals surface area contributed by atoms with Crippen molar-refractivity contribution in [3.05, 3.63) is 23.9 Å². The first-order chi connectivity index (χ1) is 9.35. The SMILES string of the molecule is CS(=O)(=O)OCc1ccc(N2CCC(=O)NC2=O)nc1. The van der Waals surface area contributed by atoms with Crippen LogP contribution in [0.2, 0.25) is 0 Å². The lowest BCUT2D eigenvalue weighted by atomic mass is 10.2. The van der Waals surface area contributed by atoms with Crippen molar-refractivity contribution in [2.75, 3.05) is 17.7 Å². The lowest BCUT2D eigenvalue weighted by molar-refractivity contribution is -0.120. The van der Waals surface area contributed by atoms with Crippen LogP contribution in [0.15, 0.2) is 18.3 Å². The second-order valence-electron chi connectivity index (χ2n) is 4.25. The number of carbonyl (C=O) groups is 2. The Morgan fingerprint density at radius 3 is 2.70 bits per heavy atom. The third kappa shape index (κ3) is 3.75. The summed E-state index contributed by atoms with van der Waals surface area (Å²) >= 11 is 0. The van der Waals surface area contributed by atoms with Gasteiger partial charge in [0.1, 0.15) is 5.82 Å². The maximum Gasteiger partial charge on any atom is 0.329 e. The molecule has 0 aliphatic carbocycles. The molecule has 20 heavy (non-hydrogen) atoms. The highest BCUT2D eigenvalue weighted by Gasteiger charge is 2.24. The number of nitrogens with zero attached hydrogens (tertiary/aromatic N) is 2. The van der Waals surface area contributed by atoms with Crippen molar-refractivity contribution >= 4 is 27.9 Å². The number of rotatable bonds is 4. The van der Waals surface area contributed by atoms with E-state index in [1.807, 2.05) is 0 Å². The van der Waals surface area contributed by atoms with E-state index in [2.05, 4.69) is 14.5 Å². The zero-order chi connectivity index (χ0) is 14.8. The molecule has 2 heterocycles. The lowest BCUT2D eigenvalue weighted by Gasteiger charge is -2.25. The van der Waals surface area contributed by atoms with Crippen molar-refractivity contribution in [1.29, 1.82) is 0 Å². The first kappa shape index (κ1) is 14.4. The summed E-state index contributed by atoms with van der Waals surface area (Å²) in [7, 11) is -3.51. The number of nitrogens with one attached hydrogen (secondary N) is 1. The Hall–Kier alpha value is -2.00. The van der Waals surface area contributed by atoms with E-state index < -0.39 is 16.1 Å². The Balaban J connectivity index is 2.04. The fraction of sp³-hybridized carbons (Fsp3) is 0.364. The molecule has 0 radical (unpaired) electrons. The molecule has 1 aromatic rings. The Labute approximate surface area is 115 Å². The summed E-state index contributed by atoms with van der Waals surface area (Å²) in [6, 6.07) is 2.65. The molecule has 0 unspecified atom stereocenters. The van der Waals surface area contributed by atoms with E-state index in [9.17, 15) is 18.0 Å². The second kappa shape index (κ2) is 5.55. The summed E-state index contributed by atoms with van der Waals surface area (Å²) in [5.41, 5.74) is 0.563. The number of pyridine rings is 1. The summed E-state index contributed by atoms with van der Waals surface area (Å²) in [5, 5.41) is 2.19. The number of hydrogen-bond acceptors (Lipinski definition) is 6. The minimum Gasteiger partial charge on any atom is -0.278 e. The fourth-order valence-electron chi connectivity index (χ4n) is 1.62. The topological polar surface area (TPSA) is 106 Å². The van der Waals surface area contributed by atoms with E-state index >= 15 is 0 Å². The van der Waals surface area contributed by atoms with Crippen molar-refractivity contribution in [2.45, 2.75) is 13.0 Å². The van der Waals surface area contributed by atoms with Crippen molar-refractivity contribution < 1.29 is 22.2 Å². The van der Waals surface area contributed by atoms with E-state index in [4.69, 9.17) is 0 Å². The minimum atomic E-state index is -3.51. The molecule has 9 heteroatoms. The second-order valence-corrected chi connectivity index (χ2v) is 5.89. The minimum absolute atomic E-state index is 0.114. The van der Waals surface area contributed by atoms with Crippen LogP contribution in [0.1, 0.15) is 12.0 Å². The number of amides is 3. The highest BCUT2D eigenvalue weighted by Crippen LogP contribution is 2.15. The molecular weight excluding hydrogens is 286 g/mol. The molecule has 0 saturated carbocycles. The molecule has 8 nitrogen and oxygen atoms in total. The first-order valence-corrected chi connectivity index (χ1v) is 7.57. The van der Waals surface area contributed by atoms with Gasteiger partial charge in [-0.15, -0.1) is 0 Å². The molecule has 0 aromatic carbocycles. The highest BCUT2D eigenvalue weighted by atomic mass is 32.2. The third-order valence-electron chi connectivity index (χ3n) is 2.58. The lowest BCUT2D eigenvalue weighted by Crippen LogP contribution is -2.49. The van der Waals surface area contributed by atoms with Crippen LogP contribution in [-0.4, -0.2) is 38.1 Å². The van der Waals surface area contributed by atoms with E-state index in [1.165, 1.54) is 11.1 Å². The third-order valence-corrected chi connectivity index (χ3v) is 3.13. The molecule has 0 bridgehead atoms. The Morgan fingerprint density at radius 1 is 1.40 bits per heavy atom. The fourth-order valence-corrected chi connectivity index (χ4v) is 1.97. The van der Waals surface area contributed by atoms with Crippen LogP contribution in [0.5, 0.6) is 0 Å². The van der Waals surface area contributed by atoms with Crippen molar-refractivity contribution in [1.82, 2.24) is 10.3 Å². The van der Waals surface area contributed by atoms with Gasteiger partial charge < -0.3 is 0 Å². The molecular formula is C11H13N3O5S. The number of imide groups is 1. The molecule has 1 N–H and O–H groups in total. The normalized spacial score (nSPS) is 16.1. The van der Waals surface area contributed by atoms with Crippen molar-refractivity contribution in [3.63, 3.8) is 0 Å². The van der Waals surface area contributed by atoms with Gasteiger partial charge in [-0.25, -0.2) is 9.78 Å². The van der Waals surface area contributed by atoms with Gasteiger partial charge in [-0.2, -0.15) is 8.42 Å². The summed E-state index contributed by atoms with van der Waals surface area (Å²) < 4.78 is 26.3. The van der Waals surface area contributed by atoms with Gasteiger partial charge in [-0.1, -0.05) is 6.07 Å². The van der Waals surface area contributed by atoms with Crippen molar-refractivity contribution in [2.24, 2.45) is 0 Å². The summed E-state index contributed by atoms with van der Waals surface area (Å²) in [6.45, 7) is 0.146. The van der Waals surface area contributed by atoms with Gasteiger partial charge in [0.25, 0.3) is 10.1 Å². The van der Waals surface area contributed by atoms with Gasteiger partial charge in [-0.3, -0.25) is 19.2 Å². The zero-order valence-corrected chi connectivity index (χ0v) is 11.5. The van der Waals surface area contributed by atoms with Crippen LogP contribution in [-0.2, 0) is 25.7 Å². The number of hydrogen-bond donors (Lipinski definition) is 1. The number of anilines is 1. The first-order valence-electron chi connectivity index (χ1n) is 5.76. The molecule has 0 atom stereocenters. The van der Waals surface area contributed by atoms with Gasteiger partial charge in [0.05, 0.1) is 12.9 Å². The highest BCUT2D eigenvalue weighted by molar-refractivity contribution is 7.85. The molecule has 2 rings (SSSR count). The molecule has 1 aliphatic rings. The van der Waals surface area contributed by atoms with E-state index in [-0.39, 0.29) is 25.5 Å². The number of carbonyl (C=O) groups excluding carboxylic acids is 2. The molecule has 0 spiro atoms. The molecule has 1 aromatic heterocycles. The summed E-state index contributed by atoms with van der Waals surface area (Å²) in [4.78, 5) is 28.0. The van der Waals surface area contributed by atoms with Crippen LogP contribution < -0.4 is 10.2 Å². The van der Waals surface area contributed by atoms with E-state index in [1.54, 1.807) is 12.1 Å². The van der Waals surface area contributed by atoms with Gasteiger partial charge in [0.2, 0.25) is 5.91 Å². The van der Waals surface area contributed by atoms with E-state index in [0.29, 0.717) is 11.4 Å². The predicted molar refractivity (Wildman–Crippen MR) is 69.4 cm³/mol. The quantitative estimate of drug-likeness (QED) is 0.785. The van der Waals surface area contributed by atoms with Crippen LogP contribution in [0, 0.1) is 0 Å². The Morgan fingerprint density at radius 2 is 2.15 bits per heavy atom. The molecule has 1 aliphatic heterocycles. The zero-order valence-electron chi connectivity index (χ0n) is 10.7. The van der Waals surface area contributed by atoms with Crippen LogP contribution in [0.25, 0.3) is 0 Å². The predicted octanol–water partition coefficient (Wildman–Crippen LogP) is 0.00410. The van der Waals surface area contributed by atoms with Crippen LogP contribution in [0.4, 0.5) is 10.6 Å². The molecule has 1 fully saturated rings. The summed E-state index contributed by atoms with van der Waals surface area (Å²) in [6.07, 6.45) is 2.60. The Bertz CT molecular complexity index is 626. The Kier molecular flexibility index (Phi) is 4.00. The van der Waals surface area contributed by atoms with Gasteiger partial charge in [-0.05, 0) is 11.6 Å². The molecule has 3 amide bonds. The maximum atomic E-state index is 11.6. The van der Waals surface area contributed by atoms with Crippen LogP contribution in [0.3, 0.4) is 0 Å². The van der Waals surface area contributed by atoms with Gasteiger partial charge in [0.15, 0.2) is 0 Å². The largest absolute Gasteiger partial charge is 0.329 e. The molecule has 1 saturated heterocycles. The van der Waals surface area contributed by atoms with Crippen LogP contribution >= 0.6 is 0 Å². The summed E-state index contributed by atoms with van der Waals surface area (Å²) in [5.74, 6) is 0.0718. The average Bonchev–Trinajstić information content (AvgIpc) is 2.36. The smallest absolute Gasteiger partial charge is 0.278 e. The van der Waals surface area contributed by atoms with E-state index in [0.717, 1.165) is 6.26 Å². The monoisotopic (exact) mass is 299 g/mol. The van der Waals surface area contributed by atoms with Crippen molar-refractivity contribution in [3.8, 4) is 0 Å². The molecule has 108 valence electrons. The number of aromatic nitrogens is 1. The maximum absolute atomic E-state index is 11.6.